The number of ether oxygens (including phenoxy) is 1. The Kier molecular flexibility index (Phi) is 5.17. The Balaban J connectivity index is 2.05. The average Bonchev–Trinajstić information content (AvgIpc) is 2.95. The lowest BCUT2D eigenvalue weighted by molar-refractivity contribution is -0.149. The van der Waals surface area contributed by atoms with Gasteiger partial charge in [-0.05, 0) is 43.2 Å². The maximum absolute atomic E-state index is 12.6. The van der Waals surface area contributed by atoms with E-state index < -0.39 is 0 Å². The van der Waals surface area contributed by atoms with Crippen molar-refractivity contribution in [2.24, 2.45) is 5.92 Å². The van der Waals surface area contributed by atoms with Crippen LogP contribution in [0.3, 0.4) is 0 Å². The van der Waals surface area contributed by atoms with Gasteiger partial charge in [-0.2, -0.15) is 0 Å². The third-order valence-corrected chi connectivity index (χ3v) is 4.60. The van der Waals surface area contributed by atoms with Gasteiger partial charge in [-0.25, -0.2) is 0 Å². The zero-order valence-electron chi connectivity index (χ0n) is 12.1. The summed E-state index contributed by atoms with van der Waals surface area (Å²) < 4.78 is 5.07. The van der Waals surface area contributed by atoms with E-state index in [1.54, 1.807) is 4.90 Å². The highest BCUT2D eigenvalue weighted by molar-refractivity contribution is 7.12. The first-order valence-corrected chi connectivity index (χ1v) is 8.07. The minimum atomic E-state index is -0.174. The molecule has 1 amide bonds. The van der Waals surface area contributed by atoms with Crippen molar-refractivity contribution in [2.75, 3.05) is 19.7 Å². The van der Waals surface area contributed by atoms with Crippen LogP contribution in [0.2, 0.25) is 0 Å². The summed E-state index contributed by atoms with van der Waals surface area (Å²) >= 11 is 1.49. The Hall–Kier alpha value is -1.36. The van der Waals surface area contributed by atoms with Crippen LogP contribution in [0.25, 0.3) is 0 Å². The van der Waals surface area contributed by atoms with Crippen molar-refractivity contribution in [3.05, 3.63) is 21.9 Å². The summed E-state index contributed by atoms with van der Waals surface area (Å²) in [7, 11) is 0. The molecule has 0 N–H and O–H groups in total. The third kappa shape index (κ3) is 3.20. The minimum Gasteiger partial charge on any atom is -0.466 e. The summed E-state index contributed by atoms with van der Waals surface area (Å²) in [5.74, 6) is -0.282. The number of aryl methyl sites for hydroxylation is 1. The van der Waals surface area contributed by atoms with Gasteiger partial charge in [0.2, 0.25) is 0 Å². The summed E-state index contributed by atoms with van der Waals surface area (Å²) in [5, 5.41) is 1.96. The standard InChI is InChI=1S/C15H21NO3S/c1-3-11-7-9-20-13(11)14(17)16-8-5-6-12(10-16)15(18)19-4-2/h7,9,12H,3-6,8,10H2,1-2H3/t12-/m0/s1. The number of amides is 1. The van der Waals surface area contributed by atoms with E-state index in [2.05, 4.69) is 6.92 Å². The van der Waals surface area contributed by atoms with E-state index in [4.69, 9.17) is 4.74 Å². The molecule has 1 aromatic rings. The van der Waals surface area contributed by atoms with Crippen molar-refractivity contribution in [1.82, 2.24) is 4.90 Å². The van der Waals surface area contributed by atoms with Gasteiger partial charge in [-0.15, -0.1) is 11.3 Å². The topological polar surface area (TPSA) is 46.6 Å². The fourth-order valence-corrected chi connectivity index (χ4v) is 3.52. The number of carbonyl (C=O) groups excluding carboxylic acids is 2. The van der Waals surface area contributed by atoms with Gasteiger partial charge in [-0.1, -0.05) is 6.92 Å². The molecule has 1 fully saturated rings. The first kappa shape index (κ1) is 15.0. The number of rotatable bonds is 4. The predicted octanol–water partition coefficient (Wildman–Crippen LogP) is 2.73. The monoisotopic (exact) mass is 295 g/mol. The number of nitrogens with zero attached hydrogens (tertiary/aromatic N) is 1. The molecule has 0 saturated carbocycles. The molecular weight excluding hydrogens is 274 g/mol. The van der Waals surface area contributed by atoms with Gasteiger partial charge in [0, 0.05) is 13.1 Å². The Morgan fingerprint density at radius 2 is 2.25 bits per heavy atom. The zero-order chi connectivity index (χ0) is 14.5. The van der Waals surface area contributed by atoms with Gasteiger partial charge in [-0.3, -0.25) is 9.59 Å². The van der Waals surface area contributed by atoms with Gasteiger partial charge in [0.25, 0.3) is 5.91 Å². The second-order valence-corrected chi connectivity index (χ2v) is 5.89. The van der Waals surface area contributed by atoms with E-state index in [0.29, 0.717) is 13.2 Å². The van der Waals surface area contributed by atoms with Crippen molar-refractivity contribution in [3.63, 3.8) is 0 Å². The Morgan fingerprint density at radius 1 is 1.45 bits per heavy atom. The summed E-state index contributed by atoms with van der Waals surface area (Å²) in [5.41, 5.74) is 1.10. The first-order chi connectivity index (χ1) is 9.67. The zero-order valence-corrected chi connectivity index (χ0v) is 12.9. The summed E-state index contributed by atoms with van der Waals surface area (Å²) in [6.45, 7) is 5.47. The predicted molar refractivity (Wildman–Crippen MR) is 79.0 cm³/mol. The number of thiophene rings is 1. The third-order valence-electron chi connectivity index (χ3n) is 3.65. The number of likely N-dealkylation sites (tertiary alicyclic amines) is 1. The van der Waals surface area contributed by atoms with Crippen LogP contribution in [-0.2, 0) is 16.0 Å². The molecule has 5 heteroatoms. The number of piperidine rings is 1. The van der Waals surface area contributed by atoms with Crippen molar-refractivity contribution in [3.8, 4) is 0 Å². The molecule has 0 bridgehead atoms. The van der Waals surface area contributed by atoms with Crippen molar-refractivity contribution < 1.29 is 14.3 Å². The van der Waals surface area contributed by atoms with E-state index in [0.717, 1.165) is 36.2 Å². The van der Waals surface area contributed by atoms with Crippen LogP contribution >= 0.6 is 11.3 Å². The molecule has 4 nitrogen and oxygen atoms in total. The van der Waals surface area contributed by atoms with Crippen LogP contribution < -0.4 is 0 Å². The molecule has 1 aromatic heterocycles. The van der Waals surface area contributed by atoms with Crippen molar-refractivity contribution >= 4 is 23.2 Å². The summed E-state index contributed by atoms with van der Waals surface area (Å²) in [6.07, 6.45) is 2.54. The maximum atomic E-state index is 12.6. The van der Waals surface area contributed by atoms with Gasteiger partial charge in [0.1, 0.15) is 0 Å². The molecule has 1 atom stereocenters. The normalized spacial score (nSPS) is 18.9. The highest BCUT2D eigenvalue weighted by Crippen LogP contribution is 2.24. The molecule has 0 aromatic carbocycles. The van der Waals surface area contributed by atoms with Gasteiger partial charge in [0.15, 0.2) is 0 Å². The number of carbonyl (C=O) groups is 2. The molecular formula is C15H21NO3S. The molecule has 1 aliphatic heterocycles. The number of hydrogen-bond acceptors (Lipinski definition) is 4. The molecule has 20 heavy (non-hydrogen) atoms. The van der Waals surface area contributed by atoms with E-state index >= 15 is 0 Å². The van der Waals surface area contributed by atoms with Crippen LogP contribution in [0.4, 0.5) is 0 Å². The lowest BCUT2D eigenvalue weighted by Crippen LogP contribution is -2.42. The largest absolute Gasteiger partial charge is 0.466 e. The number of hydrogen-bond donors (Lipinski definition) is 0. The first-order valence-electron chi connectivity index (χ1n) is 7.19. The molecule has 0 radical (unpaired) electrons. The fourth-order valence-electron chi connectivity index (χ4n) is 2.56. The van der Waals surface area contributed by atoms with Crippen molar-refractivity contribution in [2.45, 2.75) is 33.1 Å². The van der Waals surface area contributed by atoms with Crippen LogP contribution in [0.15, 0.2) is 11.4 Å². The van der Waals surface area contributed by atoms with Crippen LogP contribution in [0.1, 0.15) is 41.9 Å². The SMILES string of the molecule is CCOC(=O)[C@H]1CCCN(C(=O)c2sccc2CC)C1. The quantitative estimate of drug-likeness (QED) is 0.802. The van der Waals surface area contributed by atoms with Gasteiger partial charge < -0.3 is 9.64 Å². The highest BCUT2D eigenvalue weighted by Gasteiger charge is 2.30. The fraction of sp³-hybridized carbons (Fsp3) is 0.600. The minimum absolute atomic E-state index is 0.0610. The number of esters is 1. The van der Waals surface area contributed by atoms with Gasteiger partial charge in [0.05, 0.1) is 17.4 Å². The van der Waals surface area contributed by atoms with E-state index in [1.807, 2.05) is 18.4 Å². The van der Waals surface area contributed by atoms with E-state index in [-0.39, 0.29) is 17.8 Å². The van der Waals surface area contributed by atoms with Gasteiger partial charge >= 0.3 is 5.97 Å². The summed E-state index contributed by atoms with van der Waals surface area (Å²) in [6, 6.07) is 2.00. The average molecular weight is 295 g/mol. The molecule has 0 spiro atoms. The molecule has 0 unspecified atom stereocenters. The van der Waals surface area contributed by atoms with Crippen LogP contribution in [0, 0.1) is 5.92 Å². The van der Waals surface area contributed by atoms with Crippen LogP contribution in [-0.4, -0.2) is 36.5 Å². The Morgan fingerprint density at radius 3 is 2.95 bits per heavy atom. The lowest BCUT2D eigenvalue weighted by atomic mass is 9.98. The molecule has 110 valence electrons. The molecule has 1 aliphatic rings. The molecule has 0 aliphatic carbocycles. The Bertz CT molecular complexity index is 483. The molecule has 2 rings (SSSR count). The van der Waals surface area contributed by atoms with Crippen LogP contribution in [0.5, 0.6) is 0 Å². The highest BCUT2D eigenvalue weighted by atomic mass is 32.1. The maximum Gasteiger partial charge on any atom is 0.310 e. The van der Waals surface area contributed by atoms with Crippen molar-refractivity contribution in [1.29, 1.82) is 0 Å². The summed E-state index contributed by atoms with van der Waals surface area (Å²) in [4.78, 5) is 27.0. The Labute approximate surface area is 123 Å². The smallest absolute Gasteiger partial charge is 0.310 e. The van der Waals surface area contributed by atoms with E-state index in [9.17, 15) is 9.59 Å². The second-order valence-electron chi connectivity index (χ2n) is 4.97. The lowest BCUT2D eigenvalue weighted by Gasteiger charge is -2.31. The second kappa shape index (κ2) is 6.88. The molecule has 1 saturated heterocycles. The van der Waals surface area contributed by atoms with E-state index in [1.165, 1.54) is 11.3 Å². The molecule has 2 heterocycles.